The number of rotatable bonds is 5. The lowest BCUT2D eigenvalue weighted by molar-refractivity contribution is -0.130. The second-order valence-corrected chi connectivity index (χ2v) is 7.08. The molecule has 0 N–H and O–H groups in total. The molecule has 0 spiro atoms. The van der Waals surface area contributed by atoms with Crippen LogP contribution in [0.5, 0.6) is 11.5 Å². The number of hydrogen-bond acceptors (Lipinski definition) is 4. The Hall–Kier alpha value is -3.05. The molecule has 5 nitrogen and oxygen atoms in total. The molecule has 0 bridgehead atoms. The van der Waals surface area contributed by atoms with Crippen LogP contribution < -0.4 is 9.47 Å². The first-order chi connectivity index (χ1) is 14.1. The summed E-state index contributed by atoms with van der Waals surface area (Å²) in [5, 5.41) is 8.42. The lowest BCUT2D eigenvalue weighted by Gasteiger charge is -2.22. The molecule has 0 fully saturated rings. The average molecular weight is 409 g/mol. The summed E-state index contributed by atoms with van der Waals surface area (Å²) in [6.07, 6.45) is 0.594. The van der Waals surface area contributed by atoms with Crippen LogP contribution >= 0.6 is 11.6 Å². The van der Waals surface area contributed by atoms with E-state index in [9.17, 15) is 4.79 Å². The molecule has 3 aromatic carbocycles. The van der Waals surface area contributed by atoms with Gasteiger partial charge in [0.1, 0.15) is 5.88 Å². The van der Waals surface area contributed by atoms with Crippen molar-refractivity contribution in [2.24, 2.45) is 5.10 Å². The third-order valence-electron chi connectivity index (χ3n) is 5.16. The summed E-state index contributed by atoms with van der Waals surface area (Å²) in [6.45, 7) is 0. The number of amides is 1. The highest BCUT2D eigenvalue weighted by molar-refractivity contribution is 6.27. The lowest BCUT2D eigenvalue weighted by atomic mass is 9.96. The number of carbonyl (C=O) groups excluding carboxylic acids is 1. The molecule has 3 aromatic rings. The highest BCUT2D eigenvalue weighted by Crippen LogP contribution is 2.37. The van der Waals surface area contributed by atoms with Crippen molar-refractivity contribution in [3.63, 3.8) is 0 Å². The van der Waals surface area contributed by atoms with E-state index < -0.39 is 0 Å². The average Bonchev–Trinajstić information content (AvgIpc) is 3.23. The van der Waals surface area contributed by atoms with Crippen LogP contribution in [0.15, 0.2) is 65.8 Å². The highest BCUT2D eigenvalue weighted by Gasteiger charge is 2.33. The maximum atomic E-state index is 12.5. The molecule has 0 aromatic heterocycles. The van der Waals surface area contributed by atoms with Crippen molar-refractivity contribution in [2.75, 3.05) is 20.1 Å². The summed E-state index contributed by atoms with van der Waals surface area (Å²) >= 11 is 5.86. The van der Waals surface area contributed by atoms with Crippen molar-refractivity contribution in [2.45, 2.75) is 12.5 Å². The zero-order valence-corrected chi connectivity index (χ0v) is 17.0. The quantitative estimate of drug-likeness (QED) is 0.571. The van der Waals surface area contributed by atoms with E-state index >= 15 is 0 Å². The number of hydrazone groups is 1. The smallest absolute Gasteiger partial charge is 0.258 e. The molecule has 1 amide bonds. The molecule has 0 radical (unpaired) electrons. The highest BCUT2D eigenvalue weighted by atomic mass is 35.5. The number of methoxy groups -OCH3 is 2. The van der Waals surface area contributed by atoms with E-state index in [0.29, 0.717) is 17.9 Å². The van der Waals surface area contributed by atoms with E-state index in [1.807, 2.05) is 36.4 Å². The molecule has 1 atom stereocenters. The molecule has 148 valence electrons. The van der Waals surface area contributed by atoms with Gasteiger partial charge in [-0.25, -0.2) is 5.01 Å². The van der Waals surface area contributed by atoms with Gasteiger partial charge >= 0.3 is 0 Å². The first-order valence-corrected chi connectivity index (χ1v) is 9.84. The second kappa shape index (κ2) is 8.13. The van der Waals surface area contributed by atoms with E-state index in [-0.39, 0.29) is 17.8 Å². The standard InChI is InChI=1S/C23H21ClN2O3/c1-28-21-10-9-18(12-22(21)29-2)20-13-19(25-26(20)23(27)14-24)17-8-7-15-5-3-4-6-16(15)11-17/h3-12,20H,13-14H2,1-2H3. The molecule has 1 aliphatic rings. The number of ether oxygens (including phenoxy) is 2. The van der Waals surface area contributed by atoms with E-state index in [1.54, 1.807) is 14.2 Å². The predicted octanol–water partition coefficient (Wildman–Crippen LogP) is 4.77. The molecule has 0 saturated carbocycles. The van der Waals surface area contributed by atoms with Crippen molar-refractivity contribution in [3.8, 4) is 11.5 Å². The number of alkyl halides is 1. The molecular weight excluding hydrogens is 388 g/mol. The van der Waals surface area contributed by atoms with E-state index in [1.165, 1.54) is 10.4 Å². The van der Waals surface area contributed by atoms with Gasteiger partial charge in [0.25, 0.3) is 5.91 Å². The topological polar surface area (TPSA) is 51.1 Å². The third-order valence-corrected chi connectivity index (χ3v) is 5.38. The van der Waals surface area contributed by atoms with Gasteiger partial charge < -0.3 is 9.47 Å². The fourth-order valence-electron chi connectivity index (χ4n) is 3.66. The molecule has 29 heavy (non-hydrogen) atoms. The minimum atomic E-state index is -0.248. The Balaban J connectivity index is 1.72. The summed E-state index contributed by atoms with van der Waals surface area (Å²) in [5.41, 5.74) is 2.77. The maximum absolute atomic E-state index is 12.5. The zero-order chi connectivity index (χ0) is 20.4. The van der Waals surface area contributed by atoms with Crippen molar-refractivity contribution >= 4 is 34.0 Å². The molecule has 0 saturated heterocycles. The van der Waals surface area contributed by atoms with Gasteiger partial charge in [-0.05, 0) is 40.1 Å². The monoisotopic (exact) mass is 408 g/mol. The minimum absolute atomic E-state index is 0.127. The Kier molecular flexibility index (Phi) is 5.41. The maximum Gasteiger partial charge on any atom is 0.258 e. The number of benzene rings is 3. The Bertz CT molecular complexity index is 1100. The number of carbonyl (C=O) groups is 1. The van der Waals surface area contributed by atoms with Gasteiger partial charge in [0, 0.05) is 6.42 Å². The van der Waals surface area contributed by atoms with Crippen LogP contribution in [0.3, 0.4) is 0 Å². The fraction of sp³-hybridized carbons (Fsp3) is 0.217. The largest absolute Gasteiger partial charge is 0.493 e. The SMILES string of the molecule is COc1ccc(C2CC(c3ccc4ccccc4c3)=NN2C(=O)CCl)cc1OC. The predicted molar refractivity (Wildman–Crippen MR) is 115 cm³/mol. The van der Waals surface area contributed by atoms with Gasteiger partial charge in [-0.15, -0.1) is 11.6 Å². The summed E-state index contributed by atoms with van der Waals surface area (Å²) in [4.78, 5) is 12.5. The summed E-state index contributed by atoms with van der Waals surface area (Å²) in [7, 11) is 3.19. The summed E-state index contributed by atoms with van der Waals surface area (Å²) < 4.78 is 10.8. The Morgan fingerprint density at radius 2 is 1.79 bits per heavy atom. The summed E-state index contributed by atoms with van der Waals surface area (Å²) in [5.74, 6) is 0.892. The molecule has 1 aliphatic heterocycles. The number of fused-ring (bicyclic) bond motifs is 1. The van der Waals surface area contributed by atoms with Crippen LogP contribution in [-0.4, -0.2) is 36.7 Å². The van der Waals surface area contributed by atoms with Crippen LogP contribution in [0.25, 0.3) is 10.8 Å². The van der Waals surface area contributed by atoms with Crippen molar-refractivity contribution in [1.29, 1.82) is 0 Å². The van der Waals surface area contributed by atoms with Crippen LogP contribution in [0.4, 0.5) is 0 Å². The number of hydrogen-bond donors (Lipinski definition) is 0. The first kappa shape index (κ1) is 19.3. The molecule has 0 aliphatic carbocycles. The van der Waals surface area contributed by atoms with Gasteiger partial charge in [-0.2, -0.15) is 5.10 Å². The Morgan fingerprint density at radius 1 is 1.03 bits per heavy atom. The van der Waals surface area contributed by atoms with Crippen LogP contribution in [0, 0.1) is 0 Å². The third kappa shape index (κ3) is 3.66. The minimum Gasteiger partial charge on any atom is -0.493 e. The van der Waals surface area contributed by atoms with Crippen LogP contribution in [-0.2, 0) is 4.79 Å². The fourth-order valence-corrected chi connectivity index (χ4v) is 3.79. The van der Waals surface area contributed by atoms with E-state index in [4.69, 9.17) is 21.1 Å². The van der Waals surface area contributed by atoms with Crippen molar-refractivity contribution in [1.82, 2.24) is 5.01 Å². The van der Waals surface area contributed by atoms with Gasteiger partial charge in [0.15, 0.2) is 11.5 Å². The number of halogens is 1. The molecule has 4 rings (SSSR count). The Morgan fingerprint density at radius 3 is 2.52 bits per heavy atom. The first-order valence-electron chi connectivity index (χ1n) is 9.31. The second-order valence-electron chi connectivity index (χ2n) is 6.81. The normalized spacial score (nSPS) is 16.0. The molecule has 1 heterocycles. The van der Waals surface area contributed by atoms with Gasteiger partial charge in [-0.3, -0.25) is 4.79 Å². The van der Waals surface area contributed by atoms with E-state index in [2.05, 4.69) is 29.4 Å². The van der Waals surface area contributed by atoms with Crippen molar-refractivity contribution < 1.29 is 14.3 Å². The van der Waals surface area contributed by atoms with Crippen LogP contribution in [0.2, 0.25) is 0 Å². The van der Waals surface area contributed by atoms with Crippen molar-refractivity contribution in [3.05, 3.63) is 71.8 Å². The van der Waals surface area contributed by atoms with E-state index in [0.717, 1.165) is 22.2 Å². The molecule has 6 heteroatoms. The Labute approximate surface area is 174 Å². The summed E-state index contributed by atoms with van der Waals surface area (Å²) in [6, 6.07) is 19.8. The van der Waals surface area contributed by atoms with Gasteiger partial charge in [0.05, 0.1) is 26.0 Å². The molecular formula is C23H21ClN2O3. The van der Waals surface area contributed by atoms with Gasteiger partial charge in [0.2, 0.25) is 0 Å². The lowest BCUT2D eigenvalue weighted by Crippen LogP contribution is -2.28. The molecule has 1 unspecified atom stereocenters. The number of nitrogens with zero attached hydrogens (tertiary/aromatic N) is 2. The van der Waals surface area contributed by atoms with Gasteiger partial charge in [-0.1, -0.05) is 42.5 Å². The van der Waals surface area contributed by atoms with Crippen LogP contribution in [0.1, 0.15) is 23.6 Å². The zero-order valence-electron chi connectivity index (χ0n) is 16.3.